The molecule has 8 heteroatoms. The minimum absolute atomic E-state index is 0.0830. The molecule has 0 unspecified atom stereocenters. The first-order valence-corrected chi connectivity index (χ1v) is 11.4. The van der Waals surface area contributed by atoms with Crippen molar-refractivity contribution in [2.45, 2.75) is 38.3 Å². The van der Waals surface area contributed by atoms with Gasteiger partial charge in [-0.25, -0.2) is 4.98 Å². The van der Waals surface area contributed by atoms with Crippen LogP contribution in [0.1, 0.15) is 31.2 Å². The molecule has 0 spiro atoms. The van der Waals surface area contributed by atoms with Gasteiger partial charge in [-0.05, 0) is 55.4 Å². The number of rotatable bonds is 7. The number of hydrogen-bond donors (Lipinski definition) is 2. The van der Waals surface area contributed by atoms with Gasteiger partial charge in [-0.1, -0.05) is 6.07 Å². The van der Waals surface area contributed by atoms with E-state index in [9.17, 15) is 4.79 Å². The molecule has 1 aliphatic carbocycles. The van der Waals surface area contributed by atoms with Gasteiger partial charge in [-0.3, -0.25) is 9.78 Å². The first-order valence-electron chi connectivity index (χ1n) is 11.4. The predicted octanol–water partition coefficient (Wildman–Crippen LogP) is 3.70. The van der Waals surface area contributed by atoms with Crippen molar-refractivity contribution < 1.29 is 19.0 Å². The maximum Gasteiger partial charge on any atom is 0.262 e. The van der Waals surface area contributed by atoms with Crippen LogP contribution in [-0.4, -0.2) is 42.2 Å². The standard InChI is InChI=1S/C25H28N4O4/c1-31-24-9-7-19-25(29-24)22(10-11-26-19)32-14-16-2-5-18(6-3-16)27-13-17-4-8-21-20(12-17)28-23(30)15-33-21/h4,7-12,16,18,27H,2-3,5-6,13-15H2,1H3,(H,28,30). The first-order chi connectivity index (χ1) is 16.2. The highest BCUT2D eigenvalue weighted by atomic mass is 16.5. The van der Waals surface area contributed by atoms with Crippen LogP contribution in [0.3, 0.4) is 0 Å². The monoisotopic (exact) mass is 448 g/mol. The highest BCUT2D eigenvalue weighted by molar-refractivity contribution is 5.95. The van der Waals surface area contributed by atoms with Gasteiger partial charge in [0.25, 0.3) is 5.91 Å². The topological polar surface area (TPSA) is 94.6 Å². The van der Waals surface area contributed by atoms with Crippen molar-refractivity contribution in [3.63, 3.8) is 0 Å². The molecule has 1 saturated carbocycles. The van der Waals surface area contributed by atoms with E-state index in [1.165, 1.54) is 0 Å². The molecule has 3 heterocycles. The Hall–Kier alpha value is -3.39. The van der Waals surface area contributed by atoms with Gasteiger partial charge in [-0.15, -0.1) is 0 Å². The number of amides is 1. The van der Waals surface area contributed by atoms with Gasteiger partial charge in [0.15, 0.2) is 6.61 Å². The van der Waals surface area contributed by atoms with Gasteiger partial charge < -0.3 is 24.8 Å². The van der Waals surface area contributed by atoms with Crippen LogP contribution in [0.15, 0.2) is 42.6 Å². The van der Waals surface area contributed by atoms with E-state index in [2.05, 4.69) is 20.6 Å². The molecular weight excluding hydrogens is 420 g/mol. The van der Waals surface area contributed by atoms with E-state index in [0.29, 0.717) is 24.4 Å². The fourth-order valence-corrected chi connectivity index (χ4v) is 4.46. The number of carbonyl (C=O) groups is 1. The van der Waals surface area contributed by atoms with Gasteiger partial charge in [0.2, 0.25) is 5.88 Å². The number of nitrogens with one attached hydrogen (secondary N) is 2. The van der Waals surface area contributed by atoms with Gasteiger partial charge in [0.05, 0.1) is 24.9 Å². The van der Waals surface area contributed by atoms with Gasteiger partial charge in [0.1, 0.15) is 17.0 Å². The number of benzene rings is 1. The van der Waals surface area contributed by atoms with Crippen molar-refractivity contribution in [3.8, 4) is 17.4 Å². The smallest absolute Gasteiger partial charge is 0.262 e. The third kappa shape index (κ3) is 5.01. The van der Waals surface area contributed by atoms with Gasteiger partial charge >= 0.3 is 0 Å². The van der Waals surface area contributed by atoms with E-state index in [4.69, 9.17) is 14.2 Å². The number of carbonyl (C=O) groups excluding carboxylic acids is 1. The molecule has 172 valence electrons. The first kappa shape index (κ1) is 21.5. The summed E-state index contributed by atoms with van der Waals surface area (Å²) in [6.45, 7) is 1.53. The fraction of sp³-hybridized carbons (Fsp3) is 0.400. The Bertz CT molecular complexity index is 1140. The Morgan fingerprint density at radius 1 is 1.15 bits per heavy atom. The molecule has 0 saturated heterocycles. The summed E-state index contributed by atoms with van der Waals surface area (Å²) in [7, 11) is 1.61. The zero-order valence-corrected chi connectivity index (χ0v) is 18.7. The van der Waals surface area contributed by atoms with Crippen LogP contribution >= 0.6 is 0 Å². The third-order valence-electron chi connectivity index (χ3n) is 6.32. The minimum atomic E-state index is -0.108. The minimum Gasteiger partial charge on any atom is -0.491 e. The van der Waals surface area contributed by atoms with Crippen LogP contribution < -0.4 is 24.8 Å². The Labute approximate surface area is 192 Å². The second-order valence-electron chi connectivity index (χ2n) is 8.61. The molecule has 2 aliphatic rings. The quantitative estimate of drug-likeness (QED) is 0.569. The van der Waals surface area contributed by atoms with Crippen molar-refractivity contribution in [2.75, 3.05) is 25.6 Å². The van der Waals surface area contributed by atoms with Crippen molar-refractivity contribution in [1.29, 1.82) is 0 Å². The normalized spacial score (nSPS) is 20.0. The summed E-state index contributed by atoms with van der Waals surface area (Å²) in [4.78, 5) is 20.4. The summed E-state index contributed by atoms with van der Waals surface area (Å²) in [5.74, 6) is 2.45. The fourth-order valence-electron chi connectivity index (χ4n) is 4.46. The van der Waals surface area contributed by atoms with Crippen molar-refractivity contribution in [2.24, 2.45) is 5.92 Å². The lowest BCUT2D eigenvalue weighted by atomic mass is 9.86. The lowest BCUT2D eigenvalue weighted by Gasteiger charge is -2.29. The highest BCUT2D eigenvalue weighted by Crippen LogP contribution is 2.30. The van der Waals surface area contributed by atoms with E-state index < -0.39 is 0 Å². The Morgan fingerprint density at radius 3 is 2.88 bits per heavy atom. The molecule has 0 bridgehead atoms. The van der Waals surface area contributed by atoms with Crippen LogP contribution in [0.25, 0.3) is 11.0 Å². The summed E-state index contributed by atoms with van der Waals surface area (Å²) >= 11 is 0. The zero-order valence-electron chi connectivity index (χ0n) is 18.7. The summed E-state index contributed by atoms with van der Waals surface area (Å²) < 4.78 is 16.8. The van der Waals surface area contributed by atoms with Crippen LogP contribution in [0.5, 0.6) is 17.4 Å². The molecule has 0 radical (unpaired) electrons. The molecule has 2 N–H and O–H groups in total. The average Bonchev–Trinajstić information content (AvgIpc) is 2.86. The van der Waals surface area contributed by atoms with Gasteiger partial charge in [-0.2, -0.15) is 0 Å². The Kier molecular flexibility index (Phi) is 6.26. The molecule has 5 rings (SSSR count). The Balaban J connectivity index is 1.11. The van der Waals surface area contributed by atoms with E-state index in [1.54, 1.807) is 19.4 Å². The maximum absolute atomic E-state index is 11.5. The SMILES string of the molecule is COc1ccc2nccc(OCC3CCC(NCc4ccc5c(c4)NC(=O)CO5)CC3)c2n1. The van der Waals surface area contributed by atoms with E-state index in [1.807, 2.05) is 30.3 Å². The molecule has 1 amide bonds. The molecule has 0 atom stereocenters. The summed E-state index contributed by atoms with van der Waals surface area (Å²) in [6.07, 6.45) is 6.21. The van der Waals surface area contributed by atoms with Crippen molar-refractivity contribution >= 4 is 22.6 Å². The van der Waals surface area contributed by atoms with E-state index in [-0.39, 0.29) is 12.5 Å². The number of anilines is 1. The number of ether oxygens (including phenoxy) is 3. The molecule has 1 aliphatic heterocycles. The Morgan fingerprint density at radius 2 is 2.03 bits per heavy atom. The van der Waals surface area contributed by atoms with Crippen molar-refractivity contribution in [1.82, 2.24) is 15.3 Å². The molecule has 1 fully saturated rings. The number of nitrogens with zero attached hydrogens (tertiary/aromatic N) is 2. The maximum atomic E-state index is 11.5. The number of pyridine rings is 2. The number of aromatic nitrogens is 2. The van der Waals surface area contributed by atoms with Crippen LogP contribution in [0.4, 0.5) is 5.69 Å². The predicted molar refractivity (Wildman–Crippen MR) is 125 cm³/mol. The zero-order chi connectivity index (χ0) is 22.6. The summed E-state index contributed by atoms with van der Waals surface area (Å²) in [6, 6.07) is 12.0. The molecular formula is C25H28N4O4. The molecule has 33 heavy (non-hydrogen) atoms. The molecule has 2 aromatic heterocycles. The molecule has 1 aromatic carbocycles. The van der Waals surface area contributed by atoms with Crippen molar-refractivity contribution in [3.05, 3.63) is 48.2 Å². The second kappa shape index (κ2) is 9.62. The number of methoxy groups -OCH3 is 1. The third-order valence-corrected chi connectivity index (χ3v) is 6.32. The number of fused-ring (bicyclic) bond motifs is 2. The lowest BCUT2D eigenvalue weighted by Crippen LogP contribution is -2.34. The van der Waals surface area contributed by atoms with Crippen LogP contribution in [-0.2, 0) is 11.3 Å². The molecule has 3 aromatic rings. The number of hydrogen-bond acceptors (Lipinski definition) is 7. The largest absolute Gasteiger partial charge is 0.491 e. The molecule has 8 nitrogen and oxygen atoms in total. The summed E-state index contributed by atoms with van der Waals surface area (Å²) in [5.41, 5.74) is 3.42. The second-order valence-corrected chi connectivity index (χ2v) is 8.61. The van der Waals surface area contributed by atoms with Crippen LogP contribution in [0.2, 0.25) is 0 Å². The highest BCUT2D eigenvalue weighted by Gasteiger charge is 2.22. The van der Waals surface area contributed by atoms with E-state index in [0.717, 1.165) is 66.0 Å². The van der Waals surface area contributed by atoms with Crippen LogP contribution in [0, 0.1) is 5.92 Å². The lowest BCUT2D eigenvalue weighted by molar-refractivity contribution is -0.118. The average molecular weight is 449 g/mol. The van der Waals surface area contributed by atoms with E-state index >= 15 is 0 Å². The van der Waals surface area contributed by atoms with Gasteiger partial charge in [0, 0.05) is 30.9 Å². The summed E-state index contributed by atoms with van der Waals surface area (Å²) in [5, 5.41) is 6.53.